The molecule has 2 heterocycles. The summed E-state index contributed by atoms with van der Waals surface area (Å²) in [6.07, 6.45) is -4.79. The summed E-state index contributed by atoms with van der Waals surface area (Å²) >= 11 is 0. The van der Waals surface area contributed by atoms with Gasteiger partial charge < -0.3 is 9.13 Å². The van der Waals surface area contributed by atoms with E-state index in [1.165, 1.54) is 24.3 Å². The van der Waals surface area contributed by atoms with Crippen molar-refractivity contribution in [1.29, 1.82) is 26.3 Å². The summed E-state index contributed by atoms with van der Waals surface area (Å²) in [5.74, 6) is 0. The van der Waals surface area contributed by atoms with Crippen LogP contribution in [0.2, 0.25) is 0 Å². The van der Waals surface area contributed by atoms with Crippen LogP contribution in [0.3, 0.4) is 0 Å². The van der Waals surface area contributed by atoms with Crippen LogP contribution in [0.5, 0.6) is 0 Å². The van der Waals surface area contributed by atoms with Gasteiger partial charge in [-0.1, -0.05) is 48.5 Å². The molecule has 0 amide bonds. The third-order valence-electron chi connectivity index (χ3n) is 15.0. The van der Waals surface area contributed by atoms with E-state index in [0.717, 1.165) is 12.1 Å². The minimum absolute atomic E-state index is 0.142. The van der Waals surface area contributed by atoms with E-state index < -0.39 is 11.7 Å². The standard InChI is InChI=1S/C71H32F3N11/c1-40-14-54(25-55(15-40)71(72,73)74)70-68(84-64-10-6-46(50-17-41(35-75)16-42(18-50)36-76)30-60(64)61-31-47(7-11-65(61)84)51-19-43(37-77)21-56(26-51)80-2)23-45(39-79)24-69(70)85-66-12-8-48(52-20-44(38-78)22-57(27-52)81-3)32-62(66)63-33-49(9-13-67(63)85)53-28-58(82-4)34-59(29-53)83-5/h6-34H,1H3. The van der Waals surface area contributed by atoms with Gasteiger partial charge in [0.05, 0.1) is 112 Å². The second-order valence-electron chi connectivity index (χ2n) is 20.2. The molecule has 11 nitrogen and oxygen atoms in total. The van der Waals surface area contributed by atoms with Crippen molar-refractivity contribution in [3.8, 4) is 97.4 Å². The second-order valence-corrected chi connectivity index (χ2v) is 20.2. The lowest BCUT2D eigenvalue weighted by Crippen LogP contribution is -2.08. The van der Waals surface area contributed by atoms with Gasteiger partial charge in [0.2, 0.25) is 0 Å². The van der Waals surface area contributed by atoms with Crippen molar-refractivity contribution in [2.24, 2.45) is 0 Å². The Hall–Kier alpha value is -13.0. The summed E-state index contributed by atoms with van der Waals surface area (Å²) in [5.41, 5.74) is 9.79. The molecule has 0 aliphatic rings. The van der Waals surface area contributed by atoms with Crippen LogP contribution in [-0.4, -0.2) is 9.13 Å². The van der Waals surface area contributed by atoms with Crippen LogP contribution in [0.1, 0.15) is 38.9 Å². The highest BCUT2D eigenvalue weighted by Crippen LogP contribution is 2.47. The Morgan fingerprint density at radius 2 is 0.659 bits per heavy atom. The molecule has 0 unspecified atom stereocenters. The van der Waals surface area contributed by atoms with Crippen molar-refractivity contribution in [3.63, 3.8) is 0 Å². The van der Waals surface area contributed by atoms with Crippen LogP contribution in [-0.2, 0) is 6.18 Å². The maximum Gasteiger partial charge on any atom is 0.416 e. The molecular formula is C71H32F3N11. The molecule has 0 saturated carbocycles. The van der Waals surface area contributed by atoms with Gasteiger partial charge in [0.1, 0.15) is 0 Å². The van der Waals surface area contributed by atoms with Crippen molar-refractivity contribution < 1.29 is 13.2 Å². The highest BCUT2D eigenvalue weighted by atomic mass is 19.4. The molecule has 0 radical (unpaired) electrons. The molecular weight excluding hydrogens is 1060 g/mol. The van der Waals surface area contributed by atoms with Crippen LogP contribution in [0.25, 0.3) is 130 Å². The summed E-state index contributed by atoms with van der Waals surface area (Å²) in [4.78, 5) is 14.5. The first-order chi connectivity index (χ1) is 41.1. The number of aryl methyl sites for hydroxylation is 1. The van der Waals surface area contributed by atoms with Gasteiger partial charge in [-0.2, -0.15) is 39.5 Å². The molecule has 0 aliphatic heterocycles. The largest absolute Gasteiger partial charge is 0.416 e. The fourth-order valence-electron chi connectivity index (χ4n) is 11.3. The Bertz CT molecular complexity index is 4690. The average Bonchev–Trinajstić information content (AvgIpc) is 1.70. The number of nitrogens with zero attached hydrogens (tertiary/aromatic N) is 11. The van der Waals surface area contributed by atoms with Crippen LogP contribution in [0.15, 0.2) is 176 Å². The lowest BCUT2D eigenvalue weighted by molar-refractivity contribution is -0.137. The summed E-state index contributed by atoms with van der Waals surface area (Å²) in [7, 11) is 0. The maximum atomic E-state index is 15.3. The van der Waals surface area contributed by atoms with Crippen molar-refractivity contribution in [3.05, 3.63) is 261 Å². The van der Waals surface area contributed by atoms with Crippen LogP contribution in [0, 0.1) is 89.9 Å². The molecule has 0 saturated heterocycles. The van der Waals surface area contributed by atoms with E-state index in [9.17, 15) is 26.3 Å². The Morgan fingerprint density at radius 3 is 1.00 bits per heavy atom. The number of aromatic nitrogens is 2. The summed E-state index contributed by atoms with van der Waals surface area (Å²) < 4.78 is 49.6. The predicted molar refractivity (Wildman–Crippen MR) is 321 cm³/mol. The first-order valence-corrected chi connectivity index (χ1v) is 25.8. The summed E-state index contributed by atoms with van der Waals surface area (Å²) in [6.45, 7) is 32.8. The number of rotatable bonds is 7. The van der Waals surface area contributed by atoms with Crippen LogP contribution >= 0.6 is 0 Å². The first kappa shape index (κ1) is 52.7. The van der Waals surface area contributed by atoms with E-state index in [-0.39, 0.29) is 56.1 Å². The van der Waals surface area contributed by atoms with Gasteiger partial charge in [0.15, 0.2) is 22.7 Å². The number of hydrogen-bond donors (Lipinski definition) is 0. The minimum Gasteiger partial charge on any atom is -0.308 e. The predicted octanol–water partition coefficient (Wildman–Crippen LogP) is 19.1. The Morgan fingerprint density at radius 1 is 0.341 bits per heavy atom. The minimum atomic E-state index is -4.79. The fourth-order valence-corrected chi connectivity index (χ4v) is 11.3. The zero-order valence-electron chi connectivity index (χ0n) is 44.3. The molecule has 10 aromatic carbocycles. The van der Waals surface area contributed by atoms with Crippen molar-refractivity contribution >= 4 is 66.4 Å². The number of halogens is 3. The molecule has 12 rings (SSSR count). The molecule has 12 aromatic rings. The van der Waals surface area contributed by atoms with Crippen molar-refractivity contribution in [2.75, 3.05) is 0 Å². The topological polar surface area (TPSA) is 146 Å². The number of alkyl halides is 3. The Kier molecular flexibility index (Phi) is 12.8. The zero-order chi connectivity index (χ0) is 59.4. The van der Waals surface area contributed by atoms with E-state index in [0.29, 0.717) is 111 Å². The van der Waals surface area contributed by atoms with Crippen LogP contribution < -0.4 is 0 Å². The number of fused-ring (bicyclic) bond motifs is 6. The molecule has 392 valence electrons. The van der Waals surface area contributed by atoms with Gasteiger partial charge in [-0.25, -0.2) is 19.4 Å². The van der Waals surface area contributed by atoms with E-state index >= 15 is 13.2 Å². The monoisotopic (exact) mass is 1100 g/mol. The molecule has 0 aliphatic carbocycles. The molecule has 0 spiro atoms. The normalized spacial score (nSPS) is 11.0. The summed E-state index contributed by atoms with van der Waals surface area (Å²) in [6, 6.07) is 59.7. The SMILES string of the molecule is [C-]#[N+]c1cc(C#N)cc(-c2ccc3c(c2)c2cc(-c4cc(C#N)cc(C#N)c4)ccc2n3-c2cc(C#N)cc(-n3c4ccc(-c5cc(C#N)cc([N+]#[C-])c5)cc4c4cc(-c5cc([N+]#[C-])cc([N+]#[C-])c5)ccc43)c2-c2cc(C)cc(C(F)(F)F)c2)c1. The molecule has 85 heavy (non-hydrogen) atoms. The highest BCUT2D eigenvalue weighted by Gasteiger charge is 2.33. The van der Waals surface area contributed by atoms with E-state index in [4.69, 9.17) is 26.3 Å². The van der Waals surface area contributed by atoms with Gasteiger partial charge in [0, 0.05) is 38.2 Å². The molecule has 2 aromatic heterocycles. The van der Waals surface area contributed by atoms with E-state index in [2.05, 4.69) is 49.7 Å². The lowest BCUT2D eigenvalue weighted by atomic mass is 9.94. The van der Waals surface area contributed by atoms with E-state index in [1.54, 1.807) is 73.7 Å². The van der Waals surface area contributed by atoms with Gasteiger partial charge in [-0.05, 0) is 190 Å². The van der Waals surface area contributed by atoms with Crippen molar-refractivity contribution in [2.45, 2.75) is 13.1 Å². The third kappa shape index (κ3) is 9.27. The molecule has 0 bridgehead atoms. The second kappa shape index (κ2) is 20.6. The van der Waals surface area contributed by atoms with Gasteiger partial charge in [0.25, 0.3) is 0 Å². The van der Waals surface area contributed by atoms with Gasteiger partial charge in [-0.15, -0.1) is 0 Å². The summed E-state index contributed by atoms with van der Waals surface area (Å²) in [5, 5.41) is 53.7. The average molecular weight is 1100 g/mol. The lowest BCUT2D eigenvalue weighted by Gasteiger charge is -2.22. The smallest absolute Gasteiger partial charge is 0.308 e. The number of benzene rings is 10. The molecule has 0 atom stereocenters. The maximum absolute atomic E-state index is 15.3. The quantitative estimate of drug-likeness (QED) is 0.146. The van der Waals surface area contributed by atoms with Crippen molar-refractivity contribution in [1.82, 2.24) is 9.13 Å². The highest BCUT2D eigenvalue weighted by molar-refractivity contribution is 6.15. The Balaban J connectivity index is 1.23. The Labute approximate surface area is 483 Å². The molecule has 14 heteroatoms. The van der Waals surface area contributed by atoms with E-state index in [1.807, 2.05) is 81.9 Å². The third-order valence-corrected chi connectivity index (χ3v) is 15.0. The van der Waals surface area contributed by atoms with Gasteiger partial charge >= 0.3 is 6.18 Å². The fraction of sp³-hybridized carbons (Fsp3) is 0.0282. The number of hydrogen-bond acceptors (Lipinski definition) is 5. The molecule has 0 fully saturated rings. The zero-order valence-corrected chi connectivity index (χ0v) is 44.3. The van der Waals surface area contributed by atoms with Gasteiger partial charge in [-0.3, -0.25) is 0 Å². The first-order valence-electron chi connectivity index (χ1n) is 25.8. The van der Waals surface area contributed by atoms with Crippen LogP contribution in [0.4, 0.5) is 35.9 Å². The molecule has 0 N–H and O–H groups in total. The number of nitriles is 5.